The number of hydrogen-bond acceptors (Lipinski definition) is 4. The van der Waals surface area contributed by atoms with Gasteiger partial charge in [-0.25, -0.2) is 8.42 Å². The molecule has 7 nitrogen and oxygen atoms in total. The van der Waals surface area contributed by atoms with Crippen molar-refractivity contribution in [1.29, 1.82) is 0 Å². The first-order valence-corrected chi connectivity index (χ1v) is 15.6. The van der Waals surface area contributed by atoms with Crippen molar-refractivity contribution < 1.29 is 31.2 Å². The molecule has 0 saturated carbocycles. The number of hydrogen-bond donors (Lipinski definition) is 1. The minimum Gasteiger partial charge on any atom is -0.354 e. The molecule has 0 bridgehead atoms. The molecule has 0 aliphatic rings. The van der Waals surface area contributed by atoms with Crippen LogP contribution in [-0.2, 0) is 32.3 Å². The highest BCUT2D eigenvalue weighted by Crippen LogP contribution is 2.37. The van der Waals surface area contributed by atoms with Crippen molar-refractivity contribution in [2.24, 2.45) is 0 Å². The van der Waals surface area contributed by atoms with Crippen molar-refractivity contribution in [3.63, 3.8) is 0 Å². The molecule has 0 aromatic heterocycles. The van der Waals surface area contributed by atoms with E-state index >= 15 is 0 Å². The maximum absolute atomic E-state index is 13.9. The van der Waals surface area contributed by atoms with Crippen LogP contribution in [0.1, 0.15) is 37.8 Å². The van der Waals surface area contributed by atoms with Crippen molar-refractivity contribution in [1.82, 2.24) is 10.2 Å². The van der Waals surface area contributed by atoms with Crippen LogP contribution in [0.2, 0.25) is 5.02 Å². The van der Waals surface area contributed by atoms with Gasteiger partial charge in [0.15, 0.2) is 0 Å². The lowest BCUT2D eigenvalue weighted by atomic mass is 10.1. The molecule has 13 heteroatoms. The highest BCUT2D eigenvalue weighted by molar-refractivity contribution is 9.10. The summed E-state index contributed by atoms with van der Waals surface area (Å²) in [4.78, 5) is 27.9. The molecule has 3 rings (SSSR count). The summed E-state index contributed by atoms with van der Waals surface area (Å²) < 4.78 is 69.8. The standard InChI is InChI=1S/C29H30BrClF3N3O4S/c1-3-4-15-35-28(39)20(2)36(18-21-9-8-10-23(30)16-21)27(38)19-37(42(40,41)24-11-6-5-7-12-24)26-17-22(29(32,33)34)13-14-25(26)31/h5-14,16-17,20H,3-4,15,18-19H2,1-2H3,(H,35,39)/t20-/m1/s1. The van der Waals surface area contributed by atoms with Gasteiger partial charge in [-0.05, 0) is 61.4 Å². The fraction of sp³-hybridized carbons (Fsp3) is 0.310. The first-order valence-electron chi connectivity index (χ1n) is 13.0. The van der Waals surface area contributed by atoms with Crippen LogP contribution in [0.15, 0.2) is 82.2 Å². The predicted octanol–water partition coefficient (Wildman–Crippen LogP) is 6.65. The zero-order chi connectivity index (χ0) is 31.1. The lowest BCUT2D eigenvalue weighted by molar-refractivity contribution is -0.139. The maximum Gasteiger partial charge on any atom is 0.416 e. The van der Waals surface area contributed by atoms with Crippen molar-refractivity contribution >= 4 is 55.1 Å². The molecule has 0 unspecified atom stereocenters. The summed E-state index contributed by atoms with van der Waals surface area (Å²) in [5.41, 5.74) is -1.02. The van der Waals surface area contributed by atoms with Crippen molar-refractivity contribution in [2.75, 3.05) is 17.4 Å². The van der Waals surface area contributed by atoms with E-state index in [1.807, 2.05) is 6.92 Å². The maximum atomic E-state index is 13.9. The molecule has 0 heterocycles. The van der Waals surface area contributed by atoms with Crippen LogP contribution in [0.4, 0.5) is 18.9 Å². The summed E-state index contributed by atoms with van der Waals surface area (Å²) in [5, 5.41) is 2.46. The Kier molecular flexibility index (Phi) is 11.4. The van der Waals surface area contributed by atoms with Crippen LogP contribution in [0.3, 0.4) is 0 Å². The second kappa shape index (κ2) is 14.4. The summed E-state index contributed by atoms with van der Waals surface area (Å²) in [6.07, 6.45) is -3.25. The molecular formula is C29H30BrClF3N3O4S. The molecule has 226 valence electrons. The number of anilines is 1. The average Bonchev–Trinajstić information content (AvgIpc) is 2.94. The zero-order valence-electron chi connectivity index (χ0n) is 22.9. The third-order valence-electron chi connectivity index (χ3n) is 6.39. The number of nitrogens with one attached hydrogen (secondary N) is 1. The highest BCUT2D eigenvalue weighted by atomic mass is 79.9. The Labute approximate surface area is 256 Å². The van der Waals surface area contributed by atoms with E-state index in [1.165, 1.54) is 36.1 Å². The number of carbonyl (C=O) groups is 2. The van der Waals surface area contributed by atoms with Crippen LogP contribution in [-0.4, -0.2) is 44.3 Å². The van der Waals surface area contributed by atoms with E-state index in [1.54, 1.807) is 30.3 Å². The summed E-state index contributed by atoms with van der Waals surface area (Å²) in [6.45, 7) is 2.85. The van der Waals surface area contributed by atoms with Gasteiger partial charge in [-0.15, -0.1) is 0 Å². The third kappa shape index (κ3) is 8.48. The van der Waals surface area contributed by atoms with Gasteiger partial charge in [0, 0.05) is 17.6 Å². The number of halogens is 5. The lowest BCUT2D eigenvalue weighted by Crippen LogP contribution is -2.51. The zero-order valence-corrected chi connectivity index (χ0v) is 26.0. The summed E-state index contributed by atoms with van der Waals surface area (Å²) >= 11 is 9.63. The van der Waals surface area contributed by atoms with Crippen LogP contribution in [0.5, 0.6) is 0 Å². The predicted molar refractivity (Wildman–Crippen MR) is 159 cm³/mol. The molecule has 0 fully saturated rings. The Morgan fingerprint density at radius 2 is 1.71 bits per heavy atom. The summed E-state index contributed by atoms with van der Waals surface area (Å²) in [7, 11) is -4.58. The smallest absolute Gasteiger partial charge is 0.354 e. The van der Waals surface area contributed by atoms with Crippen molar-refractivity contribution in [3.05, 3.63) is 93.4 Å². The van der Waals surface area contributed by atoms with E-state index < -0.39 is 51.9 Å². The molecular weight excluding hydrogens is 659 g/mol. The number of carbonyl (C=O) groups excluding carboxylic acids is 2. The Hall–Kier alpha value is -3.09. The van der Waals surface area contributed by atoms with Gasteiger partial charge >= 0.3 is 6.18 Å². The molecule has 1 N–H and O–H groups in total. The molecule has 0 aliphatic heterocycles. The molecule has 2 amide bonds. The number of unbranched alkanes of at least 4 members (excludes halogenated alkanes) is 1. The first kappa shape index (κ1) is 33.4. The van der Waals surface area contributed by atoms with E-state index in [2.05, 4.69) is 21.2 Å². The molecule has 0 saturated heterocycles. The Morgan fingerprint density at radius 3 is 2.33 bits per heavy atom. The monoisotopic (exact) mass is 687 g/mol. The Balaban J connectivity index is 2.10. The minimum absolute atomic E-state index is 0.0732. The van der Waals surface area contributed by atoms with Gasteiger partial charge in [-0.1, -0.05) is 71.2 Å². The van der Waals surface area contributed by atoms with Crippen LogP contribution < -0.4 is 9.62 Å². The quantitative estimate of drug-likeness (QED) is 0.216. The van der Waals surface area contributed by atoms with Gasteiger partial charge in [-0.3, -0.25) is 13.9 Å². The highest BCUT2D eigenvalue weighted by Gasteiger charge is 2.36. The number of sulfonamides is 1. The second-order valence-corrected chi connectivity index (χ2v) is 12.6. The molecule has 42 heavy (non-hydrogen) atoms. The number of rotatable bonds is 12. The lowest BCUT2D eigenvalue weighted by Gasteiger charge is -2.32. The summed E-state index contributed by atoms with van der Waals surface area (Å²) in [5.74, 6) is -1.28. The van der Waals surface area contributed by atoms with E-state index in [0.29, 0.717) is 22.5 Å². The summed E-state index contributed by atoms with van der Waals surface area (Å²) in [6, 6.07) is 15.2. The molecule has 3 aromatic carbocycles. The molecule has 1 atom stereocenters. The Morgan fingerprint density at radius 1 is 1.02 bits per heavy atom. The normalized spacial score (nSPS) is 12.5. The number of alkyl halides is 3. The van der Waals surface area contributed by atoms with E-state index in [9.17, 15) is 31.2 Å². The van der Waals surface area contributed by atoms with Crippen molar-refractivity contribution in [3.8, 4) is 0 Å². The third-order valence-corrected chi connectivity index (χ3v) is 8.98. The van der Waals surface area contributed by atoms with Crippen LogP contribution >= 0.6 is 27.5 Å². The van der Waals surface area contributed by atoms with Gasteiger partial charge in [0.2, 0.25) is 11.8 Å². The van der Waals surface area contributed by atoms with Gasteiger partial charge in [-0.2, -0.15) is 13.2 Å². The van der Waals surface area contributed by atoms with Gasteiger partial charge < -0.3 is 10.2 Å². The number of nitrogens with zero attached hydrogens (tertiary/aromatic N) is 2. The second-order valence-electron chi connectivity index (χ2n) is 9.46. The Bertz CT molecular complexity index is 1510. The molecule has 0 spiro atoms. The van der Waals surface area contributed by atoms with Gasteiger partial charge in [0.25, 0.3) is 10.0 Å². The minimum atomic E-state index is -4.80. The van der Waals surface area contributed by atoms with E-state index in [4.69, 9.17) is 11.6 Å². The topological polar surface area (TPSA) is 86.8 Å². The van der Waals surface area contributed by atoms with Crippen LogP contribution in [0.25, 0.3) is 0 Å². The van der Waals surface area contributed by atoms with E-state index in [-0.39, 0.29) is 16.5 Å². The number of benzene rings is 3. The SMILES string of the molecule is CCCCNC(=O)[C@@H](C)N(Cc1cccc(Br)c1)C(=O)CN(c1cc(C(F)(F)F)ccc1Cl)S(=O)(=O)c1ccccc1. The molecule has 0 radical (unpaired) electrons. The molecule has 0 aliphatic carbocycles. The number of amides is 2. The van der Waals surface area contributed by atoms with Crippen LogP contribution in [0, 0.1) is 0 Å². The van der Waals surface area contributed by atoms with E-state index in [0.717, 1.165) is 29.4 Å². The first-order chi connectivity index (χ1) is 19.8. The van der Waals surface area contributed by atoms with Crippen molar-refractivity contribution in [2.45, 2.75) is 50.3 Å². The fourth-order valence-electron chi connectivity index (χ4n) is 4.06. The average molecular weight is 689 g/mol. The van der Waals surface area contributed by atoms with Gasteiger partial charge in [0.1, 0.15) is 12.6 Å². The molecule has 3 aromatic rings. The largest absolute Gasteiger partial charge is 0.416 e. The van der Waals surface area contributed by atoms with Gasteiger partial charge in [0.05, 0.1) is 21.2 Å². The fourth-order valence-corrected chi connectivity index (χ4v) is 6.23.